The van der Waals surface area contributed by atoms with Gasteiger partial charge in [0.2, 0.25) is 0 Å². The summed E-state index contributed by atoms with van der Waals surface area (Å²) in [6.45, 7) is 7.21. The summed E-state index contributed by atoms with van der Waals surface area (Å²) in [6.07, 6.45) is -1.85. The number of nitrogens with one attached hydrogen (secondary N) is 1. The van der Waals surface area contributed by atoms with Gasteiger partial charge in [0.25, 0.3) is 0 Å². The average Bonchev–Trinajstić information content (AvgIpc) is 2.87. The number of esters is 1. The van der Waals surface area contributed by atoms with Crippen molar-refractivity contribution in [2.24, 2.45) is 5.73 Å². The Morgan fingerprint density at radius 1 is 1.36 bits per heavy atom. The van der Waals surface area contributed by atoms with Crippen molar-refractivity contribution in [1.29, 1.82) is 0 Å². The van der Waals surface area contributed by atoms with Crippen molar-refractivity contribution in [3.05, 3.63) is 30.3 Å². The first kappa shape index (κ1) is 23.7. The SMILES string of the molecule is CC(C)OC(=O)[C@H](C)N[P](=[W])(OC[C@H]1O[C@@H](C)[C@H](N)[C@@H]1O)Oc1ccccc1. The van der Waals surface area contributed by atoms with E-state index < -0.39 is 29.8 Å². The second kappa shape index (κ2) is 10.4. The van der Waals surface area contributed by atoms with Crippen molar-refractivity contribution in [3.63, 3.8) is 0 Å². The summed E-state index contributed by atoms with van der Waals surface area (Å²) >= 11 is 1.00. The van der Waals surface area contributed by atoms with Gasteiger partial charge in [0.15, 0.2) is 0 Å². The maximum absolute atomic E-state index is 12.2. The summed E-state index contributed by atoms with van der Waals surface area (Å²) in [5.41, 5.74) is 3.25. The van der Waals surface area contributed by atoms with Crippen LogP contribution in [0.2, 0.25) is 0 Å². The van der Waals surface area contributed by atoms with Crippen molar-refractivity contribution in [2.45, 2.75) is 64.2 Å². The topological polar surface area (TPSA) is 112 Å². The number of aliphatic hydroxyl groups is 1. The van der Waals surface area contributed by atoms with E-state index in [1.54, 1.807) is 20.8 Å². The Morgan fingerprint density at radius 3 is 2.54 bits per heavy atom. The Labute approximate surface area is 176 Å². The average molecular weight is 584 g/mol. The molecule has 10 heteroatoms. The molecular weight excluding hydrogens is 555 g/mol. The monoisotopic (exact) mass is 584 g/mol. The van der Waals surface area contributed by atoms with Crippen LogP contribution in [0, 0.1) is 0 Å². The molecule has 4 N–H and O–H groups in total. The van der Waals surface area contributed by atoms with Crippen LogP contribution in [0.4, 0.5) is 0 Å². The molecule has 0 aromatic heterocycles. The van der Waals surface area contributed by atoms with Gasteiger partial charge in [0.1, 0.15) is 0 Å². The first-order chi connectivity index (χ1) is 13.1. The molecular formula is C18H29N2O6PW. The molecule has 0 radical (unpaired) electrons. The van der Waals surface area contributed by atoms with E-state index in [-0.39, 0.29) is 24.8 Å². The molecule has 1 aromatic rings. The van der Waals surface area contributed by atoms with Crippen molar-refractivity contribution in [3.8, 4) is 5.75 Å². The Balaban J connectivity index is 2.09. The molecule has 1 aliphatic rings. The molecule has 1 aliphatic heterocycles. The standard InChI is InChI=1S/C18H29N2O6P.W/c1-11(2)24-18(22)12(3)20-27(26-14-8-6-5-7-9-14)23-10-15-17(21)16(19)13(4)25-15;/h5-9,11-13,15-17,20-21H,10,19H2,1-4H3;/t12-,13-,15+,16-,17+,27?;/m0./s1. The van der Waals surface area contributed by atoms with Gasteiger partial charge in [0, 0.05) is 0 Å². The van der Waals surface area contributed by atoms with E-state index in [9.17, 15) is 9.90 Å². The van der Waals surface area contributed by atoms with Crippen LogP contribution in [0.15, 0.2) is 30.3 Å². The van der Waals surface area contributed by atoms with E-state index in [0.29, 0.717) is 5.75 Å². The van der Waals surface area contributed by atoms with E-state index in [1.165, 1.54) is 0 Å². The number of aliphatic hydroxyl groups excluding tert-OH is 1. The Morgan fingerprint density at radius 2 is 2.00 bits per heavy atom. The molecule has 0 amide bonds. The number of carbonyl (C=O) groups is 1. The molecule has 8 nitrogen and oxygen atoms in total. The zero-order chi connectivity index (χ0) is 20.9. The van der Waals surface area contributed by atoms with E-state index in [1.807, 2.05) is 37.3 Å². The molecule has 2 rings (SSSR count). The third kappa shape index (κ3) is 6.74. The molecule has 1 saturated heterocycles. The van der Waals surface area contributed by atoms with Crippen molar-refractivity contribution < 1.29 is 47.2 Å². The molecule has 1 heterocycles. The van der Waals surface area contributed by atoms with Gasteiger partial charge in [-0.2, -0.15) is 0 Å². The van der Waals surface area contributed by atoms with Crippen LogP contribution in [-0.2, 0) is 37.6 Å². The Hall–Kier alpha value is -0.592. The molecule has 1 fully saturated rings. The molecule has 1 aromatic carbocycles. The maximum atomic E-state index is 12.2. The fourth-order valence-electron chi connectivity index (χ4n) is 2.62. The number of hydrogen-bond donors (Lipinski definition) is 3. The first-order valence-electron chi connectivity index (χ1n) is 9.18. The summed E-state index contributed by atoms with van der Waals surface area (Å²) in [5.74, 6) is 0.245. The first-order valence-corrected chi connectivity index (χ1v) is 14.7. The molecule has 0 aliphatic carbocycles. The van der Waals surface area contributed by atoms with Crippen LogP contribution in [0.5, 0.6) is 5.75 Å². The molecule has 0 spiro atoms. The summed E-state index contributed by atoms with van der Waals surface area (Å²) in [5, 5.41) is 13.4. The minimum atomic E-state index is -2.66. The quantitative estimate of drug-likeness (QED) is 0.298. The molecule has 0 bridgehead atoms. The molecule has 158 valence electrons. The summed E-state index contributed by atoms with van der Waals surface area (Å²) < 4.78 is 23.1. The van der Waals surface area contributed by atoms with Gasteiger partial charge < -0.3 is 0 Å². The van der Waals surface area contributed by atoms with Crippen LogP contribution in [0.3, 0.4) is 0 Å². The number of nitrogens with two attached hydrogens (primary N) is 1. The Kier molecular flexibility index (Phi) is 8.83. The van der Waals surface area contributed by atoms with Gasteiger partial charge in [-0.1, -0.05) is 0 Å². The zero-order valence-corrected chi connectivity index (χ0v) is 20.3. The number of ether oxygens (including phenoxy) is 2. The van der Waals surface area contributed by atoms with Gasteiger partial charge in [-0.15, -0.1) is 0 Å². The zero-order valence-electron chi connectivity index (χ0n) is 16.5. The van der Waals surface area contributed by atoms with E-state index in [0.717, 1.165) is 18.8 Å². The number of benzene rings is 1. The summed E-state index contributed by atoms with van der Waals surface area (Å²) in [7, 11) is 0. The second-order valence-electron chi connectivity index (χ2n) is 6.98. The van der Waals surface area contributed by atoms with E-state index in [4.69, 9.17) is 24.3 Å². The normalized spacial score (nSPS) is 28.0. The van der Waals surface area contributed by atoms with Crippen LogP contribution in [-0.4, -0.2) is 54.2 Å². The van der Waals surface area contributed by atoms with Crippen molar-refractivity contribution in [1.82, 2.24) is 5.09 Å². The van der Waals surface area contributed by atoms with Crippen LogP contribution < -0.4 is 15.3 Å². The van der Waals surface area contributed by atoms with Crippen molar-refractivity contribution >= 4 is 11.5 Å². The van der Waals surface area contributed by atoms with E-state index >= 15 is 0 Å². The van der Waals surface area contributed by atoms with Gasteiger partial charge >= 0.3 is 176 Å². The van der Waals surface area contributed by atoms with Gasteiger partial charge in [-0.25, -0.2) is 0 Å². The fraction of sp³-hybridized carbons (Fsp3) is 0.611. The predicted molar refractivity (Wildman–Crippen MR) is 102 cm³/mol. The third-order valence-corrected chi connectivity index (χ3v) is 8.86. The second-order valence-corrected chi connectivity index (χ2v) is 13.9. The molecule has 28 heavy (non-hydrogen) atoms. The van der Waals surface area contributed by atoms with E-state index in [2.05, 4.69) is 5.09 Å². The Bertz CT molecular complexity index is 692. The third-order valence-electron chi connectivity index (χ3n) is 4.14. The summed E-state index contributed by atoms with van der Waals surface area (Å²) in [6, 6.07) is 8.16. The van der Waals surface area contributed by atoms with Gasteiger partial charge in [-0.05, 0) is 0 Å². The van der Waals surface area contributed by atoms with Crippen LogP contribution in [0.1, 0.15) is 27.7 Å². The minimum absolute atomic E-state index is 0.0995. The number of hydrogen-bond acceptors (Lipinski definition) is 8. The van der Waals surface area contributed by atoms with Crippen LogP contribution >= 0.6 is 5.50 Å². The van der Waals surface area contributed by atoms with Gasteiger partial charge in [-0.3, -0.25) is 0 Å². The number of para-hydroxylation sites is 1. The predicted octanol–water partition coefficient (Wildman–Crippen LogP) is 1.71. The fourth-order valence-corrected chi connectivity index (χ4v) is 7.41. The summed E-state index contributed by atoms with van der Waals surface area (Å²) in [4.78, 5) is 12.2. The number of rotatable bonds is 9. The van der Waals surface area contributed by atoms with Crippen LogP contribution in [0.25, 0.3) is 0 Å². The molecule has 6 atom stereocenters. The van der Waals surface area contributed by atoms with Crippen molar-refractivity contribution in [2.75, 3.05) is 6.61 Å². The number of carbonyl (C=O) groups excluding carboxylic acids is 1. The molecule has 0 saturated carbocycles. The molecule has 1 unspecified atom stereocenters. The van der Waals surface area contributed by atoms with Gasteiger partial charge in [0.05, 0.1) is 0 Å².